The molecule has 3 aromatic carbocycles. The summed E-state index contributed by atoms with van der Waals surface area (Å²) in [7, 11) is 0. The van der Waals surface area contributed by atoms with E-state index in [-0.39, 0.29) is 17.5 Å². The van der Waals surface area contributed by atoms with Gasteiger partial charge in [-0.1, -0.05) is 71.8 Å². The predicted molar refractivity (Wildman–Crippen MR) is 133 cm³/mol. The smallest absolute Gasteiger partial charge is 0.258 e. The fourth-order valence-electron chi connectivity index (χ4n) is 4.53. The second kappa shape index (κ2) is 8.34. The summed E-state index contributed by atoms with van der Waals surface area (Å²) in [5, 5.41) is 7.60. The Hall–Kier alpha value is -3.70. The van der Waals surface area contributed by atoms with Crippen LogP contribution < -0.4 is 5.56 Å². The van der Waals surface area contributed by atoms with Crippen LogP contribution in [0.25, 0.3) is 22.0 Å². The molecule has 1 aliphatic heterocycles. The number of benzene rings is 3. The number of pyridine rings is 1. The molecule has 5 rings (SSSR count). The molecule has 0 radical (unpaired) electrons. The van der Waals surface area contributed by atoms with E-state index in [0.29, 0.717) is 22.7 Å². The summed E-state index contributed by atoms with van der Waals surface area (Å²) in [6.07, 6.45) is 0.392. The number of H-pyrrole nitrogens is 1. The van der Waals surface area contributed by atoms with E-state index in [1.165, 1.54) is 11.9 Å². The molecule has 0 fully saturated rings. The zero-order valence-electron chi connectivity index (χ0n) is 18.3. The second-order valence-electron chi connectivity index (χ2n) is 8.27. The highest BCUT2D eigenvalue weighted by molar-refractivity contribution is 6.31. The van der Waals surface area contributed by atoms with Crippen molar-refractivity contribution >= 4 is 34.1 Å². The molecule has 0 aliphatic carbocycles. The quantitative estimate of drug-likeness (QED) is 0.420. The number of hydrogen-bond donors (Lipinski definition) is 1. The van der Waals surface area contributed by atoms with Gasteiger partial charge in [-0.2, -0.15) is 5.10 Å². The van der Waals surface area contributed by atoms with Gasteiger partial charge >= 0.3 is 0 Å². The van der Waals surface area contributed by atoms with Gasteiger partial charge < -0.3 is 4.98 Å². The molecule has 4 aromatic rings. The van der Waals surface area contributed by atoms with Crippen LogP contribution in [-0.4, -0.2) is 21.6 Å². The fraction of sp³-hybridized carbons (Fsp3) is 0.148. The molecule has 1 atom stereocenters. The molecule has 0 spiro atoms. The number of nitrogens with one attached hydrogen (secondary N) is 1. The maximum Gasteiger partial charge on any atom is 0.258 e. The number of rotatable bonds is 3. The minimum atomic E-state index is -0.373. The maximum absolute atomic E-state index is 13.4. The van der Waals surface area contributed by atoms with E-state index in [4.69, 9.17) is 11.6 Å². The number of hydrazone groups is 1. The Morgan fingerprint density at radius 2 is 1.76 bits per heavy atom. The minimum Gasteiger partial charge on any atom is -0.321 e. The molecule has 0 bridgehead atoms. The third-order valence-corrected chi connectivity index (χ3v) is 6.36. The topological polar surface area (TPSA) is 65.5 Å². The van der Waals surface area contributed by atoms with Gasteiger partial charge in [-0.15, -0.1) is 0 Å². The Bertz CT molecular complexity index is 1470. The highest BCUT2D eigenvalue weighted by Crippen LogP contribution is 2.38. The van der Waals surface area contributed by atoms with Gasteiger partial charge in [-0.3, -0.25) is 9.59 Å². The number of fused-ring (bicyclic) bond motifs is 1. The normalized spacial score (nSPS) is 15.7. The number of aryl methyl sites for hydroxylation is 1. The first-order valence-electron chi connectivity index (χ1n) is 10.8. The van der Waals surface area contributed by atoms with E-state index < -0.39 is 0 Å². The second-order valence-corrected chi connectivity index (χ2v) is 8.68. The van der Waals surface area contributed by atoms with Crippen molar-refractivity contribution in [2.45, 2.75) is 26.3 Å². The summed E-state index contributed by atoms with van der Waals surface area (Å²) < 4.78 is 0. The first-order valence-corrected chi connectivity index (χ1v) is 11.2. The van der Waals surface area contributed by atoms with Crippen molar-refractivity contribution in [3.63, 3.8) is 0 Å². The summed E-state index contributed by atoms with van der Waals surface area (Å²) in [5.41, 5.74) is 5.23. The van der Waals surface area contributed by atoms with E-state index in [1.807, 2.05) is 67.6 Å². The summed E-state index contributed by atoms with van der Waals surface area (Å²) in [5.74, 6) is -0.204. The molecule has 164 valence electrons. The number of aromatic nitrogens is 1. The van der Waals surface area contributed by atoms with Gasteiger partial charge in [0.05, 0.1) is 17.3 Å². The predicted octanol–water partition coefficient (Wildman–Crippen LogP) is 5.85. The van der Waals surface area contributed by atoms with Crippen molar-refractivity contribution in [2.75, 3.05) is 0 Å². The maximum atomic E-state index is 13.4. The van der Waals surface area contributed by atoms with Crippen LogP contribution in [0.4, 0.5) is 0 Å². The van der Waals surface area contributed by atoms with Crippen molar-refractivity contribution in [1.82, 2.24) is 9.99 Å². The van der Waals surface area contributed by atoms with Crippen LogP contribution in [0, 0.1) is 6.92 Å². The van der Waals surface area contributed by atoms with Crippen molar-refractivity contribution in [3.05, 3.63) is 105 Å². The van der Waals surface area contributed by atoms with Crippen molar-refractivity contribution < 1.29 is 4.79 Å². The molecule has 33 heavy (non-hydrogen) atoms. The molecule has 1 amide bonds. The van der Waals surface area contributed by atoms with E-state index >= 15 is 0 Å². The van der Waals surface area contributed by atoms with E-state index in [0.717, 1.165) is 33.2 Å². The van der Waals surface area contributed by atoms with Crippen LogP contribution in [-0.2, 0) is 4.79 Å². The molecule has 0 saturated heterocycles. The Morgan fingerprint density at radius 1 is 1.03 bits per heavy atom. The summed E-state index contributed by atoms with van der Waals surface area (Å²) >= 11 is 6.47. The molecule has 6 heteroatoms. The lowest BCUT2D eigenvalue weighted by Gasteiger charge is -2.21. The van der Waals surface area contributed by atoms with Crippen molar-refractivity contribution in [1.29, 1.82) is 0 Å². The highest BCUT2D eigenvalue weighted by Gasteiger charge is 2.35. The van der Waals surface area contributed by atoms with Crippen molar-refractivity contribution in [3.8, 4) is 11.1 Å². The monoisotopic (exact) mass is 455 g/mol. The minimum absolute atomic E-state index is 0.204. The third-order valence-electron chi connectivity index (χ3n) is 6.02. The SMILES string of the molecule is CC(=O)N1N=C(c2c(-c3ccccc3)c3cc(C)ccc3[nH]c2=O)CC1c1ccccc1Cl. The standard InChI is InChI=1S/C27H22ClN3O2/c1-16-12-13-22-20(14-16)25(18-8-4-3-5-9-18)26(27(33)29-22)23-15-24(31(30-23)17(2)32)19-10-6-7-11-21(19)28/h3-14,24H,15H2,1-2H3,(H,29,33). The highest BCUT2D eigenvalue weighted by atomic mass is 35.5. The Labute approximate surface area is 196 Å². The Kier molecular flexibility index (Phi) is 5.35. The number of aromatic amines is 1. The molecule has 1 unspecified atom stereocenters. The van der Waals surface area contributed by atoms with Crippen LogP contribution in [0.15, 0.2) is 82.7 Å². The summed E-state index contributed by atoms with van der Waals surface area (Å²) in [4.78, 5) is 28.9. The number of carbonyl (C=O) groups excluding carboxylic acids is 1. The lowest BCUT2D eigenvalue weighted by Crippen LogP contribution is -2.24. The van der Waals surface area contributed by atoms with Gasteiger partial charge in [-0.25, -0.2) is 5.01 Å². The number of halogens is 1. The van der Waals surface area contributed by atoms with Crippen molar-refractivity contribution in [2.24, 2.45) is 5.10 Å². The van der Waals surface area contributed by atoms with Gasteiger partial charge in [-0.05, 0) is 36.2 Å². The fourth-order valence-corrected chi connectivity index (χ4v) is 4.79. The average molecular weight is 456 g/mol. The van der Waals surface area contributed by atoms with Crippen LogP contribution in [0.1, 0.15) is 36.1 Å². The van der Waals surface area contributed by atoms with Gasteiger partial charge in [0.25, 0.3) is 5.56 Å². The largest absolute Gasteiger partial charge is 0.321 e. The van der Waals surface area contributed by atoms with E-state index in [2.05, 4.69) is 16.2 Å². The number of hydrogen-bond acceptors (Lipinski definition) is 3. The van der Waals surface area contributed by atoms with E-state index in [1.54, 1.807) is 6.07 Å². The average Bonchev–Trinajstić information content (AvgIpc) is 3.24. The van der Waals surface area contributed by atoms with Crippen LogP contribution in [0.3, 0.4) is 0 Å². The Morgan fingerprint density at radius 3 is 2.48 bits per heavy atom. The third kappa shape index (κ3) is 3.74. The van der Waals surface area contributed by atoms with Gasteiger partial charge in [0.15, 0.2) is 0 Å². The number of amides is 1. The lowest BCUT2D eigenvalue weighted by molar-refractivity contribution is -0.130. The molecule has 5 nitrogen and oxygen atoms in total. The molecular formula is C27H22ClN3O2. The van der Waals surface area contributed by atoms with Crippen LogP contribution >= 0.6 is 11.6 Å². The van der Waals surface area contributed by atoms with Gasteiger partial charge in [0.2, 0.25) is 5.91 Å². The van der Waals surface area contributed by atoms with Crippen LogP contribution in [0.2, 0.25) is 5.02 Å². The molecule has 0 saturated carbocycles. The Balaban J connectivity index is 1.76. The molecular weight excluding hydrogens is 434 g/mol. The summed E-state index contributed by atoms with van der Waals surface area (Å²) in [6, 6.07) is 22.9. The number of nitrogens with zero attached hydrogens (tertiary/aromatic N) is 2. The zero-order valence-corrected chi connectivity index (χ0v) is 19.1. The molecule has 1 aliphatic rings. The summed E-state index contributed by atoms with van der Waals surface area (Å²) in [6.45, 7) is 3.50. The zero-order chi connectivity index (χ0) is 23.1. The molecule has 2 heterocycles. The van der Waals surface area contributed by atoms with Gasteiger partial charge in [0, 0.05) is 34.8 Å². The van der Waals surface area contributed by atoms with E-state index in [9.17, 15) is 9.59 Å². The first kappa shape index (κ1) is 21.2. The van der Waals surface area contributed by atoms with Crippen LogP contribution in [0.5, 0.6) is 0 Å². The van der Waals surface area contributed by atoms with Gasteiger partial charge in [0.1, 0.15) is 0 Å². The molecule has 1 aromatic heterocycles. The number of carbonyl (C=O) groups is 1. The first-order chi connectivity index (χ1) is 15.9. The molecule has 1 N–H and O–H groups in total. The lowest BCUT2D eigenvalue weighted by atomic mass is 9.90.